The average molecular weight is 404 g/mol. The van der Waals surface area contributed by atoms with Crippen molar-refractivity contribution in [2.24, 2.45) is 5.16 Å². The second kappa shape index (κ2) is 7.58. The molecule has 2 atom stereocenters. The molecule has 0 amide bonds. The van der Waals surface area contributed by atoms with Gasteiger partial charge in [0.25, 0.3) is 0 Å². The zero-order valence-corrected chi connectivity index (χ0v) is 16.0. The Morgan fingerprint density at radius 3 is 2.89 bits per heavy atom. The van der Waals surface area contributed by atoms with Crippen molar-refractivity contribution in [3.05, 3.63) is 76.3 Å². The van der Waals surface area contributed by atoms with Crippen LogP contribution in [0.5, 0.6) is 5.75 Å². The predicted octanol–water partition coefficient (Wildman–Crippen LogP) is 3.95. The molecule has 0 saturated heterocycles. The molecule has 4 rings (SSSR count). The SMILES string of the molecule is C[C@@H]1Oc2ccccc2/C(=N/OCc2ccc(Cl)cc2Cl)[C@H]1[n+]1cnc[nH]1. The zero-order chi connectivity index (χ0) is 18.8. The average Bonchev–Trinajstić information content (AvgIpc) is 3.17. The molecule has 0 spiro atoms. The molecule has 138 valence electrons. The molecular formula is C19H17Cl2N4O2+. The fourth-order valence-corrected chi connectivity index (χ4v) is 3.55. The molecule has 0 bridgehead atoms. The van der Waals surface area contributed by atoms with Crippen LogP contribution in [-0.4, -0.2) is 21.9 Å². The van der Waals surface area contributed by atoms with Gasteiger partial charge in [0.2, 0.25) is 12.4 Å². The Bertz CT molecular complexity index is 976. The van der Waals surface area contributed by atoms with Crippen LogP contribution in [0.4, 0.5) is 0 Å². The third-order valence-corrected chi connectivity index (χ3v) is 4.96. The molecule has 2 heterocycles. The summed E-state index contributed by atoms with van der Waals surface area (Å²) in [5.74, 6) is 0.772. The van der Waals surface area contributed by atoms with Crippen molar-refractivity contribution >= 4 is 28.9 Å². The van der Waals surface area contributed by atoms with Crippen molar-refractivity contribution in [1.82, 2.24) is 10.1 Å². The van der Waals surface area contributed by atoms with E-state index in [4.69, 9.17) is 32.8 Å². The maximum Gasteiger partial charge on any atom is 0.307 e. The minimum Gasteiger partial charge on any atom is -0.485 e. The summed E-state index contributed by atoms with van der Waals surface area (Å²) in [7, 11) is 0. The number of hydrogen-bond donors (Lipinski definition) is 1. The van der Waals surface area contributed by atoms with Gasteiger partial charge in [-0.1, -0.05) is 46.6 Å². The topological polar surface area (TPSA) is 63.4 Å². The Hall–Kier alpha value is -2.57. The Morgan fingerprint density at radius 1 is 1.26 bits per heavy atom. The van der Waals surface area contributed by atoms with Crippen LogP contribution in [0, 0.1) is 0 Å². The van der Waals surface area contributed by atoms with E-state index < -0.39 is 0 Å². The number of para-hydroxylation sites is 1. The third-order valence-electron chi connectivity index (χ3n) is 4.37. The molecule has 8 heteroatoms. The van der Waals surface area contributed by atoms with E-state index in [0.717, 1.165) is 22.6 Å². The Balaban J connectivity index is 1.66. The number of H-pyrrole nitrogens is 1. The van der Waals surface area contributed by atoms with Gasteiger partial charge in [0.1, 0.15) is 24.2 Å². The molecule has 0 radical (unpaired) electrons. The van der Waals surface area contributed by atoms with E-state index in [-0.39, 0.29) is 18.8 Å². The van der Waals surface area contributed by atoms with Crippen molar-refractivity contribution in [3.63, 3.8) is 0 Å². The highest BCUT2D eigenvalue weighted by molar-refractivity contribution is 6.35. The molecule has 1 aliphatic rings. The summed E-state index contributed by atoms with van der Waals surface area (Å²) in [4.78, 5) is 9.77. The lowest BCUT2D eigenvalue weighted by Gasteiger charge is -2.29. The molecule has 0 saturated carbocycles. The summed E-state index contributed by atoms with van der Waals surface area (Å²) < 4.78 is 7.90. The Morgan fingerprint density at radius 2 is 2.11 bits per heavy atom. The van der Waals surface area contributed by atoms with E-state index in [1.807, 2.05) is 41.9 Å². The van der Waals surface area contributed by atoms with Crippen LogP contribution in [0.2, 0.25) is 10.0 Å². The van der Waals surface area contributed by atoms with Gasteiger partial charge in [-0.3, -0.25) is 0 Å². The molecular weight excluding hydrogens is 387 g/mol. The normalized spacial score (nSPS) is 20.2. The molecule has 6 nitrogen and oxygen atoms in total. The number of benzene rings is 2. The smallest absolute Gasteiger partial charge is 0.307 e. The Kier molecular flexibility index (Phi) is 5.01. The molecule has 0 unspecified atom stereocenters. The van der Waals surface area contributed by atoms with Crippen molar-refractivity contribution in [1.29, 1.82) is 0 Å². The molecule has 3 aromatic rings. The fourth-order valence-electron chi connectivity index (χ4n) is 3.09. The van der Waals surface area contributed by atoms with Crippen LogP contribution in [-0.2, 0) is 11.4 Å². The first-order valence-corrected chi connectivity index (χ1v) is 9.18. The van der Waals surface area contributed by atoms with Gasteiger partial charge in [-0.05, 0) is 36.2 Å². The van der Waals surface area contributed by atoms with E-state index in [9.17, 15) is 0 Å². The van der Waals surface area contributed by atoms with Crippen molar-refractivity contribution in [3.8, 4) is 5.75 Å². The van der Waals surface area contributed by atoms with E-state index >= 15 is 0 Å². The number of nitrogens with one attached hydrogen (secondary N) is 1. The van der Waals surface area contributed by atoms with Crippen molar-refractivity contribution < 1.29 is 14.3 Å². The third kappa shape index (κ3) is 3.63. The minimum absolute atomic E-state index is 0.160. The number of aromatic nitrogens is 3. The first kappa shape index (κ1) is 17.8. The van der Waals surface area contributed by atoms with E-state index in [0.29, 0.717) is 10.0 Å². The van der Waals surface area contributed by atoms with Crippen LogP contribution in [0.15, 0.2) is 60.3 Å². The largest absolute Gasteiger partial charge is 0.485 e. The molecule has 27 heavy (non-hydrogen) atoms. The highest BCUT2D eigenvalue weighted by atomic mass is 35.5. The van der Waals surface area contributed by atoms with Gasteiger partial charge in [0.05, 0.1) is 0 Å². The van der Waals surface area contributed by atoms with Gasteiger partial charge in [-0.15, -0.1) is 4.68 Å². The summed E-state index contributed by atoms with van der Waals surface area (Å²) in [5.41, 5.74) is 2.44. The monoisotopic (exact) mass is 403 g/mol. The molecule has 0 fully saturated rings. The van der Waals surface area contributed by atoms with E-state index in [2.05, 4.69) is 15.2 Å². The quantitative estimate of drug-likeness (QED) is 0.529. The number of aromatic amines is 1. The number of fused-ring (bicyclic) bond motifs is 1. The lowest BCUT2D eigenvalue weighted by molar-refractivity contribution is -0.765. The highest BCUT2D eigenvalue weighted by Crippen LogP contribution is 2.31. The van der Waals surface area contributed by atoms with Gasteiger partial charge < -0.3 is 9.57 Å². The molecule has 0 aliphatic carbocycles. The molecule has 2 aromatic carbocycles. The van der Waals surface area contributed by atoms with Gasteiger partial charge in [0, 0.05) is 21.2 Å². The summed E-state index contributed by atoms with van der Waals surface area (Å²) in [6.07, 6.45) is 3.15. The van der Waals surface area contributed by atoms with Gasteiger partial charge in [0.15, 0.2) is 0 Å². The second-order valence-electron chi connectivity index (χ2n) is 6.18. The summed E-state index contributed by atoms with van der Waals surface area (Å²) >= 11 is 12.2. The van der Waals surface area contributed by atoms with Crippen molar-refractivity contribution in [2.75, 3.05) is 0 Å². The number of ether oxygens (including phenoxy) is 1. The molecule has 1 N–H and O–H groups in total. The van der Waals surface area contributed by atoms with Gasteiger partial charge in [-0.2, -0.15) is 5.10 Å². The van der Waals surface area contributed by atoms with E-state index in [1.54, 1.807) is 24.8 Å². The number of hydrogen-bond acceptors (Lipinski definition) is 4. The standard InChI is InChI=1S/C19H16Cl2N4O2/c1-12-19(25-11-22-10-23-25)18(15-4-2-3-5-17(15)27-12)24-26-9-13-6-7-14(20)8-16(13)21/h2-8,10-12,19H,9H2,1H3/p+1/b24-18-/t12-,19-/m0/s1. The summed E-state index contributed by atoms with van der Waals surface area (Å²) in [6.45, 7) is 2.22. The predicted molar refractivity (Wildman–Crippen MR) is 102 cm³/mol. The lowest BCUT2D eigenvalue weighted by Crippen LogP contribution is -2.54. The van der Waals surface area contributed by atoms with Gasteiger partial charge in [-0.25, -0.2) is 0 Å². The number of oxime groups is 1. The maximum atomic E-state index is 6.21. The summed E-state index contributed by atoms with van der Waals surface area (Å²) in [6, 6.07) is 12.8. The number of rotatable bonds is 4. The minimum atomic E-state index is -0.205. The fraction of sp³-hybridized carbons (Fsp3) is 0.211. The first-order valence-electron chi connectivity index (χ1n) is 8.43. The molecule has 1 aromatic heterocycles. The number of halogens is 2. The summed E-state index contributed by atoms with van der Waals surface area (Å²) in [5, 5.41) is 8.65. The number of nitrogens with zero attached hydrogens (tertiary/aromatic N) is 3. The lowest BCUT2D eigenvalue weighted by atomic mass is 9.95. The Labute approximate surface area is 166 Å². The van der Waals surface area contributed by atoms with Gasteiger partial charge >= 0.3 is 6.33 Å². The van der Waals surface area contributed by atoms with Crippen LogP contribution in [0.1, 0.15) is 24.1 Å². The zero-order valence-electron chi connectivity index (χ0n) is 14.5. The van der Waals surface area contributed by atoms with Crippen LogP contribution in [0.25, 0.3) is 0 Å². The van der Waals surface area contributed by atoms with E-state index in [1.165, 1.54) is 0 Å². The molecule has 1 aliphatic heterocycles. The second-order valence-corrected chi connectivity index (χ2v) is 7.02. The van der Waals surface area contributed by atoms with Crippen LogP contribution < -0.4 is 9.42 Å². The maximum absolute atomic E-state index is 6.21. The van der Waals surface area contributed by atoms with Crippen molar-refractivity contribution in [2.45, 2.75) is 25.7 Å². The highest BCUT2D eigenvalue weighted by Gasteiger charge is 2.38. The first-order chi connectivity index (χ1) is 13.1. The van der Waals surface area contributed by atoms with Crippen LogP contribution >= 0.6 is 23.2 Å². The van der Waals surface area contributed by atoms with Crippen LogP contribution in [0.3, 0.4) is 0 Å².